The first-order chi connectivity index (χ1) is 9.22. The number of nitrogens with zero attached hydrogens (tertiary/aromatic N) is 1. The molecule has 0 aliphatic rings. The number of anilines is 1. The lowest BCUT2D eigenvalue weighted by atomic mass is 10.1. The highest BCUT2D eigenvalue weighted by atomic mass is 35.5. The van der Waals surface area contributed by atoms with Gasteiger partial charge in [0.1, 0.15) is 4.34 Å². The molecule has 0 unspecified atom stereocenters. The lowest BCUT2D eigenvalue weighted by Crippen LogP contribution is -2.13. The maximum Gasteiger partial charge on any atom is 0.230 e. The van der Waals surface area contributed by atoms with Gasteiger partial charge >= 0.3 is 0 Å². The Morgan fingerprint density at radius 2 is 2.26 bits per heavy atom. The van der Waals surface area contributed by atoms with Gasteiger partial charge in [0.25, 0.3) is 0 Å². The lowest BCUT2D eigenvalue weighted by molar-refractivity contribution is -0.115. The molecule has 96 valence electrons. The molecule has 0 atom stereocenters. The van der Waals surface area contributed by atoms with Gasteiger partial charge in [-0.25, -0.2) is 4.98 Å². The average molecular weight is 292 g/mol. The second-order valence-corrected chi connectivity index (χ2v) is 5.72. The Morgan fingerprint density at radius 3 is 3.05 bits per heavy atom. The number of nitrogens with one attached hydrogen (secondary N) is 2. The normalized spacial score (nSPS) is 10.8. The molecule has 2 aromatic heterocycles. The molecule has 0 bridgehead atoms. The van der Waals surface area contributed by atoms with Gasteiger partial charge in [-0.15, -0.1) is 0 Å². The Balaban J connectivity index is 1.76. The van der Waals surface area contributed by atoms with Gasteiger partial charge in [-0.2, -0.15) is 0 Å². The standard InChI is InChI=1S/C13H10ClN3OS/c14-11-7-16-13(19-11)17-12(18)5-8-6-15-10-4-2-1-3-9(8)10/h1-4,6-7,15H,5H2,(H,16,17,18). The van der Waals surface area contributed by atoms with Crippen molar-refractivity contribution in [3.63, 3.8) is 0 Å². The first-order valence-electron chi connectivity index (χ1n) is 5.68. The van der Waals surface area contributed by atoms with Crippen LogP contribution in [0.5, 0.6) is 0 Å². The summed E-state index contributed by atoms with van der Waals surface area (Å²) in [5.41, 5.74) is 2.00. The number of fused-ring (bicyclic) bond motifs is 1. The zero-order chi connectivity index (χ0) is 13.2. The molecule has 1 amide bonds. The minimum atomic E-state index is -0.101. The van der Waals surface area contributed by atoms with Crippen LogP contribution in [0.4, 0.5) is 5.13 Å². The van der Waals surface area contributed by atoms with Crippen LogP contribution in [0.25, 0.3) is 10.9 Å². The van der Waals surface area contributed by atoms with Crippen LogP contribution in [0, 0.1) is 0 Å². The number of carbonyl (C=O) groups excluding carboxylic acids is 1. The van der Waals surface area contributed by atoms with Gasteiger partial charge in [-0.3, -0.25) is 4.79 Å². The SMILES string of the molecule is O=C(Cc1c[nH]c2ccccc12)Nc1ncc(Cl)s1. The Hall–Kier alpha value is -1.85. The number of H-pyrrole nitrogens is 1. The van der Waals surface area contributed by atoms with Crippen LogP contribution in [0.3, 0.4) is 0 Å². The van der Waals surface area contributed by atoms with Gasteiger partial charge < -0.3 is 10.3 Å². The molecule has 19 heavy (non-hydrogen) atoms. The summed E-state index contributed by atoms with van der Waals surface area (Å²) in [7, 11) is 0. The smallest absolute Gasteiger partial charge is 0.230 e. The zero-order valence-electron chi connectivity index (χ0n) is 9.81. The highest BCUT2D eigenvalue weighted by Crippen LogP contribution is 2.23. The summed E-state index contributed by atoms with van der Waals surface area (Å²) in [6.07, 6.45) is 3.69. The maximum atomic E-state index is 11.9. The average Bonchev–Trinajstić information content (AvgIpc) is 2.97. The Morgan fingerprint density at radius 1 is 1.42 bits per heavy atom. The molecule has 3 rings (SSSR count). The van der Waals surface area contributed by atoms with Crippen molar-refractivity contribution in [2.75, 3.05) is 5.32 Å². The summed E-state index contributed by atoms with van der Waals surface area (Å²) in [6.45, 7) is 0. The van der Waals surface area contributed by atoms with Crippen molar-refractivity contribution in [3.05, 3.63) is 46.6 Å². The number of rotatable bonds is 3. The van der Waals surface area contributed by atoms with E-state index in [4.69, 9.17) is 11.6 Å². The predicted octanol–water partition coefficient (Wildman–Crippen LogP) is 3.46. The van der Waals surface area contributed by atoms with Crippen LogP contribution in [-0.4, -0.2) is 15.9 Å². The molecule has 0 saturated carbocycles. The van der Waals surface area contributed by atoms with E-state index in [2.05, 4.69) is 15.3 Å². The predicted molar refractivity (Wildman–Crippen MR) is 77.8 cm³/mol. The number of carbonyl (C=O) groups is 1. The number of amides is 1. The molecular formula is C13H10ClN3OS. The summed E-state index contributed by atoms with van der Waals surface area (Å²) >= 11 is 7.01. The molecule has 0 aliphatic carbocycles. The lowest BCUT2D eigenvalue weighted by Gasteiger charge is -2.00. The molecule has 0 aliphatic heterocycles. The van der Waals surface area contributed by atoms with E-state index >= 15 is 0 Å². The summed E-state index contributed by atoms with van der Waals surface area (Å²) < 4.78 is 0.558. The third-order valence-electron chi connectivity index (χ3n) is 2.75. The quantitative estimate of drug-likeness (QED) is 0.776. The zero-order valence-corrected chi connectivity index (χ0v) is 11.4. The number of aromatic amines is 1. The number of halogens is 1. The fourth-order valence-electron chi connectivity index (χ4n) is 1.93. The second-order valence-electron chi connectivity index (χ2n) is 4.05. The van der Waals surface area contributed by atoms with E-state index in [1.165, 1.54) is 17.5 Å². The van der Waals surface area contributed by atoms with E-state index in [1.807, 2.05) is 30.5 Å². The molecule has 0 fully saturated rings. The Kier molecular flexibility index (Phi) is 3.23. The van der Waals surface area contributed by atoms with Gasteiger partial charge in [0.2, 0.25) is 5.91 Å². The molecule has 2 heterocycles. The highest BCUT2D eigenvalue weighted by molar-refractivity contribution is 7.19. The molecule has 1 aromatic carbocycles. The second kappa shape index (κ2) is 5.03. The molecule has 0 radical (unpaired) electrons. The van der Waals surface area contributed by atoms with Crippen molar-refractivity contribution in [3.8, 4) is 0 Å². The van der Waals surface area contributed by atoms with Crippen LogP contribution in [0.15, 0.2) is 36.7 Å². The molecule has 4 nitrogen and oxygen atoms in total. The maximum absolute atomic E-state index is 11.9. The van der Waals surface area contributed by atoms with Crippen molar-refractivity contribution in [1.82, 2.24) is 9.97 Å². The van der Waals surface area contributed by atoms with Crippen molar-refractivity contribution in [2.45, 2.75) is 6.42 Å². The fraction of sp³-hybridized carbons (Fsp3) is 0.0769. The van der Waals surface area contributed by atoms with Crippen LogP contribution in [0.2, 0.25) is 4.34 Å². The third kappa shape index (κ3) is 2.62. The monoisotopic (exact) mass is 291 g/mol. The van der Waals surface area contributed by atoms with Gasteiger partial charge in [-0.05, 0) is 11.6 Å². The topological polar surface area (TPSA) is 57.8 Å². The highest BCUT2D eigenvalue weighted by Gasteiger charge is 2.10. The van der Waals surface area contributed by atoms with Gasteiger partial charge in [0.15, 0.2) is 5.13 Å². The van der Waals surface area contributed by atoms with Crippen LogP contribution in [-0.2, 0) is 11.2 Å². The van der Waals surface area contributed by atoms with E-state index in [0.29, 0.717) is 15.9 Å². The first-order valence-corrected chi connectivity index (χ1v) is 6.88. The fourth-order valence-corrected chi connectivity index (χ4v) is 2.75. The number of hydrogen-bond donors (Lipinski definition) is 2. The van der Waals surface area contributed by atoms with Crippen LogP contribution < -0.4 is 5.32 Å². The summed E-state index contributed by atoms with van der Waals surface area (Å²) in [5.74, 6) is -0.101. The van der Waals surface area contributed by atoms with E-state index in [1.54, 1.807) is 0 Å². The van der Waals surface area contributed by atoms with E-state index in [0.717, 1.165) is 16.5 Å². The molecule has 6 heteroatoms. The van der Waals surface area contributed by atoms with Crippen molar-refractivity contribution < 1.29 is 4.79 Å². The van der Waals surface area contributed by atoms with E-state index < -0.39 is 0 Å². The number of hydrogen-bond acceptors (Lipinski definition) is 3. The molecule has 0 spiro atoms. The van der Waals surface area contributed by atoms with Gasteiger partial charge in [-0.1, -0.05) is 41.1 Å². The molecular weight excluding hydrogens is 282 g/mol. The van der Waals surface area contributed by atoms with E-state index in [9.17, 15) is 4.79 Å². The first kappa shape index (κ1) is 12.2. The van der Waals surface area contributed by atoms with Gasteiger partial charge in [0, 0.05) is 17.1 Å². The van der Waals surface area contributed by atoms with Crippen molar-refractivity contribution in [2.24, 2.45) is 0 Å². The summed E-state index contributed by atoms with van der Waals surface area (Å²) in [6, 6.07) is 7.89. The van der Waals surface area contributed by atoms with Crippen molar-refractivity contribution in [1.29, 1.82) is 0 Å². The molecule has 3 aromatic rings. The largest absolute Gasteiger partial charge is 0.361 e. The number of thiazole rings is 1. The van der Waals surface area contributed by atoms with Crippen LogP contribution in [0.1, 0.15) is 5.56 Å². The Bertz CT molecular complexity index is 734. The molecule has 2 N–H and O–H groups in total. The number of para-hydroxylation sites is 1. The third-order valence-corrected chi connectivity index (χ3v) is 3.78. The number of aromatic nitrogens is 2. The van der Waals surface area contributed by atoms with Crippen LogP contribution >= 0.6 is 22.9 Å². The summed E-state index contributed by atoms with van der Waals surface area (Å²) in [4.78, 5) is 19.1. The number of benzene rings is 1. The Labute approximate surface area is 118 Å². The van der Waals surface area contributed by atoms with E-state index in [-0.39, 0.29) is 5.91 Å². The molecule has 0 saturated heterocycles. The van der Waals surface area contributed by atoms with Gasteiger partial charge in [0.05, 0.1) is 12.6 Å². The summed E-state index contributed by atoms with van der Waals surface area (Å²) in [5, 5.41) is 4.32. The minimum absolute atomic E-state index is 0.101. The van der Waals surface area contributed by atoms with Crippen molar-refractivity contribution >= 4 is 44.9 Å². The minimum Gasteiger partial charge on any atom is -0.361 e.